The van der Waals surface area contributed by atoms with E-state index in [0.29, 0.717) is 10.0 Å². The summed E-state index contributed by atoms with van der Waals surface area (Å²) in [6, 6.07) is 5.72. The molecule has 0 spiro atoms. The Kier molecular flexibility index (Phi) is 5.51. The minimum Gasteiger partial charge on any atom is -0.352 e. The van der Waals surface area contributed by atoms with E-state index in [0.717, 1.165) is 59.4 Å². The summed E-state index contributed by atoms with van der Waals surface area (Å²) in [5, 5.41) is 5.44. The molecule has 4 heterocycles. The van der Waals surface area contributed by atoms with Crippen molar-refractivity contribution in [3.8, 4) is 11.4 Å². The highest BCUT2D eigenvalue weighted by atomic mass is 35.5. The van der Waals surface area contributed by atoms with Crippen molar-refractivity contribution in [2.45, 2.75) is 4.90 Å². The first kappa shape index (κ1) is 20.6. The smallest absolute Gasteiger partial charge is 0.165 e. The average Bonchev–Trinajstić information content (AvgIpc) is 3.35. The molecule has 1 aliphatic rings. The van der Waals surface area contributed by atoms with E-state index in [9.17, 15) is 0 Å². The Balaban J connectivity index is 1.37. The Hall–Kier alpha value is -2.33. The number of aryl methyl sites for hydroxylation is 2. The summed E-state index contributed by atoms with van der Waals surface area (Å²) in [5.41, 5.74) is 2.57. The third kappa shape index (κ3) is 3.87. The Bertz CT molecular complexity index is 1250. The van der Waals surface area contributed by atoms with Crippen molar-refractivity contribution in [2.75, 3.05) is 31.1 Å². The number of rotatable bonds is 4. The van der Waals surface area contributed by atoms with Gasteiger partial charge in [0.1, 0.15) is 12.2 Å². The Morgan fingerprint density at radius 2 is 1.84 bits per heavy atom. The third-order valence-electron chi connectivity index (χ3n) is 5.28. The normalized spacial score (nSPS) is 15.2. The molecule has 1 aliphatic heterocycles. The quantitative estimate of drug-likeness (QED) is 0.415. The molecule has 0 atom stereocenters. The van der Waals surface area contributed by atoms with E-state index < -0.39 is 0 Å². The second kappa shape index (κ2) is 8.31. The van der Waals surface area contributed by atoms with Crippen molar-refractivity contribution >= 4 is 52.1 Å². The molecular weight excluding hydrogens is 455 g/mol. The van der Waals surface area contributed by atoms with Crippen molar-refractivity contribution in [3.05, 3.63) is 47.0 Å². The second-order valence-corrected chi connectivity index (χ2v) is 9.25. The summed E-state index contributed by atoms with van der Waals surface area (Å²) < 4.78 is 6.06. The van der Waals surface area contributed by atoms with Crippen molar-refractivity contribution in [1.29, 1.82) is 0 Å². The largest absolute Gasteiger partial charge is 0.352 e. The van der Waals surface area contributed by atoms with Gasteiger partial charge in [0.25, 0.3) is 0 Å². The lowest BCUT2D eigenvalue weighted by atomic mass is 10.3. The molecule has 1 saturated heterocycles. The zero-order chi connectivity index (χ0) is 21.5. The summed E-state index contributed by atoms with van der Waals surface area (Å²) in [5.74, 6) is 1.69. The van der Waals surface area contributed by atoms with Gasteiger partial charge in [-0.15, -0.1) is 0 Å². The second-order valence-electron chi connectivity index (χ2n) is 7.33. The minimum atomic E-state index is 0.577. The molecule has 5 rings (SSSR count). The number of fused-ring (bicyclic) bond motifs is 1. The molecule has 0 unspecified atom stereocenters. The molecule has 11 heteroatoms. The molecule has 1 aromatic carbocycles. The van der Waals surface area contributed by atoms with Crippen molar-refractivity contribution in [3.63, 3.8) is 0 Å². The summed E-state index contributed by atoms with van der Waals surface area (Å²) in [6.07, 6.45) is 5.37. The third-order valence-corrected chi connectivity index (χ3v) is 7.37. The highest BCUT2D eigenvalue weighted by Gasteiger charge is 2.24. The number of nitrogens with zero attached hydrogens (tertiary/aromatic N) is 8. The molecule has 31 heavy (non-hydrogen) atoms. The highest BCUT2D eigenvalue weighted by Crippen LogP contribution is 2.35. The van der Waals surface area contributed by atoms with Crippen molar-refractivity contribution in [2.24, 2.45) is 14.1 Å². The van der Waals surface area contributed by atoms with E-state index in [1.54, 1.807) is 29.0 Å². The lowest BCUT2D eigenvalue weighted by Crippen LogP contribution is -2.43. The summed E-state index contributed by atoms with van der Waals surface area (Å²) >= 11 is 14.1. The van der Waals surface area contributed by atoms with Crippen LogP contribution in [0, 0.1) is 0 Å². The number of aromatic nitrogens is 6. The predicted octanol–water partition coefficient (Wildman–Crippen LogP) is 3.90. The standard InChI is InChI=1S/C20H20Cl2N8S/c1-27-11-13(10-25-27)18-26-17-19(28(18)2)23-12-24-20(17)29-6-8-30(9-7-29)31-15-5-3-4-14(21)16(15)22/h3-5,10-12H,6-9H2,1-2H3. The van der Waals surface area contributed by atoms with E-state index in [1.807, 2.05) is 43.2 Å². The first-order valence-corrected chi connectivity index (χ1v) is 11.3. The fraction of sp³-hybridized carbons (Fsp3) is 0.300. The van der Waals surface area contributed by atoms with Gasteiger partial charge >= 0.3 is 0 Å². The van der Waals surface area contributed by atoms with E-state index in [-0.39, 0.29) is 0 Å². The van der Waals surface area contributed by atoms with Crippen LogP contribution in [0.4, 0.5) is 5.82 Å². The summed E-state index contributed by atoms with van der Waals surface area (Å²) in [4.78, 5) is 17.2. The van der Waals surface area contributed by atoms with Gasteiger partial charge in [-0.05, 0) is 24.1 Å². The molecule has 0 amide bonds. The maximum atomic E-state index is 6.35. The van der Waals surface area contributed by atoms with E-state index in [4.69, 9.17) is 28.2 Å². The van der Waals surface area contributed by atoms with Crippen LogP contribution in [-0.4, -0.2) is 59.8 Å². The first-order valence-electron chi connectivity index (χ1n) is 9.79. The summed E-state index contributed by atoms with van der Waals surface area (Å²) in [6.45, 7) is 3.38. The molecule has 0 radical (unpaired) electrons. The molecule has 0 N–H and O–H groups in total. The van der Waals surface area contributed by atoms with Crippen LogP contribution in [-0.2, 0) is 14.1 Å². The van der Waals surface area contributed by atoms with Crippen LogP contribution in [0.3, 0.4) is 0 Å². The van der Waals surface area contributed by atoms with Gasteiger partial charge in [-0.2, -0.15) is 5.10 Å². The number of benzene rings is 1. The number of imidazole rings is 1. The molecule has 4 aromatic rings. The predicted molar refractivity (Wildman–Crippen MR) is 125 cm³/mol. The average molecular weight is 475 g/mol. The molecular formula is C20H20Cl2N8S. The minimum absolute atomic E-state index is 0.577. The van der Waals surface area contributed by atoms with Crippen LogP contribution in [0.25, 0.3) is 22.6 Å². The topological polar surface area (TPSA) is 67.9 Å². The van der Waals surface area contributed by atoms with Gasteiger partial charge in [-0.25, -0.2) is 19.3 Å². The maximum absolute atomic E-state index is 6.35. The molecule has 1 fully saturated rings. The lowest BCUT2D eigenvalue weighted by Gasteiger charge is -2.34. The number of hydrogen-bond acceptors (Lipinski definition) is 7. The number of halogens is 2. The van der Waals surface area contributed by atoms with E-state index in [2.05, 4.69) is 24.3 Å². The molecule has 8 nitrogen and oxygen atoms in total. The Morgan fingerprint density at radius 1 is 1.03 bits per heavy atom. The van der Waals surface area contributed by atoms with Crippen LogP contribution in [0.15, 0.2) is 41.8 Å². The van der Waals surface area contributed by atoms with Crippen LogP contribution >= 0.6 is 35.1 Å². The van der Waals surface area contributed by atoms with Gasteiger partial charge in [-0.3, -0.25) is 4.68 Å². The monoisotopic (exact) mass is 474 g/mol. The zero-order valence-corrected chi connectivity index (χ0v) is 19.4. The first-order chi connectivity index (χ1) is 15.0. The zero-order valence-electron chi connectivity index (χ0n) is 17.0. The molecule has 0 saturated carbocycles. The Labute approximate surface area is 193 Å². The summed E-state index contributed by atoms with van der Waals surface area (Å²) in [7, 11) is 3.86. The van der Waals surface area contributed by atoms with Gasteiger partial charge in [0, 0.05) is 51.4 Å². The SMILES string of the molecule is Cn1cc(-c2nc3c(N4CCN(Sc5cccc(Cl)c5Cl)CC4)ncnc3n2C)cn1. The molecule has 160 valence electrons. The van der Waals surface area contributed by atoms with Crippen molar-refractivity contribution in [1.82, 2.24) is 33.6 Å². The van der Waals surface area contributed by atoms with Crippen LogP contribution in [0.2, 0.25) is 10.0 Å². The van der Waals surface area contributed by atoms with Gasteiger partial charge in [0.15, 0.2) is 17.0 Å². The van der Waals surface area contributed by atoms with Crippen LogP contribution in [0.1, 0.15) is 0 Å². The molecule has 3 aromatic heterocycles. The highest BCUT2D eigenvalue weighted by molar-refractivity contribution is 7.97. The van der Waals surface area contributed by atoms with Gasteiger partial charge < -0.3 is 9.47 Å². The Morgan fingerprint density at radius 3 is 2.58 bits per heavy atom. The van der Waals surface area contributed by atoms with Gasteiger partial charge in [0.05, 0.1) is 21.8 Å². The lowest BCUT2D eigenvalue weighted by molar-refractivity contribution is 0.428. The number of hydrogen-bond donors (Lipinski definition) is 0. The van der Waals surface area contributed by atoms with Gasteiger partial charge in [0.2, 0.25) is 0 Å². The van der Waals surface area contributed by atoms with E-state index >= 15 is 0 Å². The van der Waals surface area contributed by atoms with Crippen molar-refractivity contribution < 1.29 is 0 Å². The molecule has 0 bridgehead atoms. The van der Waals surface area contributed by atoms with E-state index in [1.165, 1.54) is 0 Å². The fourth-order valence-electron chi connectivity index (χ4n) is 3.70. The van der Waals surface area contributed by atoms with Crippen LogP contribution in [0.5, 0.6) is 0 Å². The number of anilines is 1. The number of piperazine rings is 1. The fourth-order valence-corrected chi connectivity index (χ4v) is 5.11. The van der Waals surface area contributed by atoms with Crippen LogP contribution < -0.4 is 4.90 Å². The van der Waals surface area contributed by atoms with Gasteiger partial charge in [-0.1, -0.05) is 29.3 Å². The molecule has 0 aliphatic carbocycles. The maximum Gasteiger partial charge on any atom is 0.165 e.